The Labute approximate surface area is 558 Å². The van der Waals surface area contributed by atoms with Crippen LogP contribution in [0.15, 0.2) is 24.3 Å². The maximum atomic E-state index is 13.4. The van der Waals surface area contributed by atoms with Crippen LogP contribution in [0.25, 0.3) is 0 Å². The van der Waals surface area contributed by atoms with Crippen molar-refractivity contribution in [2.75, 3.05) is 19.8 Å². The Balaban J connectivity index is 1.64. The standard InChI is InChI=1S/C77H147NO13/c1-3-5-7-9-11-13-15-17-19-21-23-25-27-29-31-32-33-34-35-36-38-40-42-44-46-48-50-52-54-56-58-60-66(81)65(64-88-76-74(87)72(85)75(68(63-80)90-76)91-77-73(86)71(84)70(83)67(62-79)89-77)78-69(82)61-59-57-55-53-51-49-47-45-43-41-39-37-30-28-26-24-22-20-18-16-14-12-10-8-6-4-2/h50,52,58,60,65-68,70-77,79-81,83-87H,3-49,51,53-57,59,61-64H2,1-2H3,(H,78,82)/b52-50+,60-58+. The summed E-state index contributed by atoms with van der Waals surface area (Å²) < 4.78 is 22.9. The fraction of sp³-hybridized carbons (Fsp3) is 0.935. The Morgan fingerprint density at radius 3 is 1.08 bits per heavy atom. The number of unbranched alkanes of at least 4 members (excludes halogenated alkanes) is 51. The van der Waals surface area contributed by atoms with Crippen LogP contribution >= 0.6 is 0 Å². The molecule has 0 bridgehead atoms. The highest BCUT2D eigenvalue weighted by molar-refractivity contribution is 5.76. The van der Waals surface area contributed by atoms with Crippen molar-refractivity contribution in [3.63, 3.8) is 0 Å². The van der Waals surface area contributed by atoms with E-state index in [0.29, 0.717) is 12.8 Å². The SMILES string of the molecule is CCCCCCCCCCCCCCCCCCCCCCCCCCC/C=C/CC/C=C/C(O)C(COC1OC(CO)C(OC2OC(CO)C(O)C(O)C2O)C(O)C1O)NC(=O)CCCCCCCCCCCCCCCCCCCCCCCCCCCC. The number of allylic oxidation sites excluding steroid dienone is 3. The van der Waals surface area contributed by atoms with Gasteiger partial charge >= 0.3 is 0 Å². The van der Waals surface area contributed by atoms with Gasteiger partial charge in [-0.1, -0.05) is 353 Å². The molecule has 0 radical (unpaired) electrons. The average Bonchev–Trinajstić information content (AvgIpc) is 0.993. The minimum Gasteiger partial charge on any atom is -0.394 e. The van der Waals surface area contributed by atoms with E-state index in [1.165, 1.54) is 302 Å². The highest BCUT2D eigenvalue weighted by Gasteiger charge is 2.51. The molecule has 0 spiro atoms. The normalized spacial score (nSPS) is 22.8. The number of carbonyl (C=O) groups is 1. The molecule has 2 fully saturated rings. The third-order valence-electron chi connectivity index (χ3n) is 19.4. The van der Waals surface area contributed by atoms with Crippen LogP contribution in [-0.2, 0) is 23.7 Å². The minimum atomic E-state index is -1.79. The Hall–Kier alpha value is -1.53. The van der Waals surface area contributed by atoms with Gasteiger partial charge in [0, 0.05) is 6.42 Å². The molecule has 2 heterocycles. The maximum Gasteiger partial charge on any atom is 0.220 e. The molecule has 2 saturated heterocycles. The molecule has 0 aromatic carbocycles. The van der Waals surface area contributed by atoms with Crippen molar-refractivity contribution in [3.8, 4) is 0 Å². The summed E-state index contributed by atoms with van der Waals surface area (Å²) in [7, 11) is 0. The average molecular weight is 1300 g/mol. The van der Waals surface area contributed by atoms with Crippen LogP contribution in [0.3, 0.4) is 0 Å². The monoisotopic (exact) mass is 1290 g/mol. The number of aliphatic hydroxyl groups excluding tert-OH is 8. The van der Waals surface area contributed by atoms with Gasteiger partial charge in [-0.05, 0) is 32.1 Å². The number of nitrogens with one attached hydrogen (secondary N) is 1. The first kappa shape index (κ1) is 85.6. The van der Waals surface area contributed by atoms with Crippen LogP contribution in [0, 0.1) is 0 Å². The Morgan fingerprint density at radius 2 is 0.703 bits per heavy atom. The van der Waals surface area contributed by atoms with Gasteiger partial charge < -0.3 is 65.1 Å². The van der Waals surface area contributed by atoms with E-state index in [1.807, 2.05) is 6.08 Å². The van der Waals surface area contributed by atoms with E-state index in [9.17, 15) is 45.6 Å². The fourth-order valence-electron chi connectivity index (χ4n) is 13.2. The van der Waals surface area contributed by atoms with Crippen molar-refractivity contribution >= 4 is 5.91 Å². The zero-order valence-corrected chi connectivity index (χ0v) is 58.9. The summed E-state index contributed by atoms with van der Waals surface area (Å²) in [6.45, 7) is 2.85. The lowest BCUT2D eigenvalue weighted by Crippen LogP contribution is -2.65. The van der Waals surface area contributed by atoms with E-state index >= 15 is 0 Å². The Morgan fingerprint density at radius 1 is 0.385 bits per heavy atom. The molecule has 91 heavy (non-hydrogen) atoms. The van der Waals surface area contributed by atoms with Gasteiger partial charge in [0.1, 0.15) is 48.8 Å². The van der Waals surface area contributed by atoms with Gasteiger partial charge in [0.05, 0.1) is 32.0 Å². The van der Waals surface area contributed by atoms with E-state index in [4.69, 9.17) is 18.9 Å². The van der Waals surface area contributed by atoms with Crippen molar-refractivity contribution in [2.45, 2.75) is 441 Å². The zero-order chi connectivity index (χ0) is 65.9. The molecule has 14 heteroatoms. The lowest BCUT2D eigenvalue weighted by molar-refractivity contribution is -0.359. The van der Waals surface area contributed by atoms with Crippen molar-refractivity contribution in [1.82, 2.24) is 5.32 Å². The molecular formula is C77H147NO13. The topological polar surface area (TPSA) is 228 Å². The minimum absolute atomic E-state index is 0.240. The predicted molar refractivity (Wildman–Crippen MR) is 374 cm³/mol. The van der Waals surface area contributed by atoms with Gasteiger partial charge in [0.2, 0.25) is 5.91 Å². The zero-order valence-electron chi connectivity index (χ0n) is 58.9. The van der Waals surface area contributed by atoms with E-state index < -0.39 is 86.8 Å². The molecule has 0 aromatic rings. The fourth-order valence-corrected chi connectivity index (χ4v) is 13.2. The molecule has 9 N–H and O–H groups in total. The Kier molecular flexibility index (Phi) is 58.3. The molecule has 2 aliphatic rings. The van der Waals surface area contributed by atoms with Crippen LogP contribution in [0.1, 0.15) is 367 Å². The predicted octanol–water partition coefficient (Wildman–Crippen LogP) is 17.1. The van der Waals surface area contributed by atoms with Crippen LogP contribution < -0.4 is 5.32 Å². The smallest absolute Gasteiger partial charge is 0.220 e. The largest absolute Gasteiger partial charge is 0.394 e. The van der Waals surface area contributed by atoms with E-state index in [1.54, 1.807) is 6.08 Å². The lowest BCUT2D eigenvalue weighted by Gasteiger charge is -2.46. The van der Waals surface area contributed by atoms with Crippen molar-refractivity contribution < 1.29 is 64.6 Å². The van der Waals surface area contributed by atoms with Gasteiger partial charge in [-0.2, -0.15) is 0 Å². The summed E-state index contributed by atoms with van der Waals surface area (Å²) in [5.41, 5.74) is 0. The second kappa shape index (κ2) is 62.0. The summed E-state index contributed by atoms with van der Waals surface area (Å²) in [5.74, 6) is -0.240. The summed E-state index contributed by atoms with van der Waals surface area (Å²) in [5, 5.41) is 87.6. The maximum absolute atomic E-state index is 13.4. The first-order chi connectivity index (χ1) is 44.6. The number of carbonyl (C=O) groups excluding carboxylic acids is 1. The number of ether oxygens (including phenoxy) is 4. The number of aliphatic hydroxyl groups is 8. The number of amides is 1. The van der Waals surface area contributed by atoms with Gasteiger partial charge in [-0.3, -0.25) is 4.79 Å². The molecule has 2 aliphatic heterocycles. The Bertz CT molecular complexity index is 1620. The second-order valence-corrected chi connectivity index (χ2v) is 27.8. The third kappa shape index (κ3) is 45.6. The molecule has 0 aromatic heterocycles. The molecule has 1 amide bonds. The molecule has 12 unspecified atom stereocenters. The molecule has 2 rings (SSSR count). The van der Waals surface area contributed by atoms with Gasteiger partial charge in [-0.15, -0.1) is 0 Å². The molecule has 538 valence electrons. The van der Waals surface area contributed by atoms with Crippen LogP contribution in [0.2, 0.25) is 0 Å². The lowest BCUT2D eigenvalue weighted by atomic mass is 9.97. The quantitative estimate of drug-likeness (QED) is 0.0204. The van der Waals surface area contributed by atoms with Crippen LogP contribution in [0.5, 0.6) is 0 Å². The molecule has 12 atom stereocenters. The number of rotatable bonds is 66. The molecule has 0 saturated carbocycles. The number of hydrogen-bond donors (Lipinski definition) is 9. The van der Waals surface area contributed by atoms with Gasteiger partial charge in [-0.25, -0.2) is 0 Å². The van der Waals surface area contributed by atoms with Gasteiger partial charge in [0.15, 0.2) is 12.6 Å². The summed E-state index contributed by atoms with van der Waals surface area (Å²) in [6, 6.07) is -0.930. The summed E-state index contributed by atoms with van der Waals surface area (Å²) >= 11 is 0. The first-order valence-corrected chi connectivity index (χ1v) is 39.1. The van der Waals surface area contributed by atoms with Crippen molar-refractivity contribution in [1.29, 1.82) is 0 Å². The van der Waals surface area contributed by atoms with E-state index in [0.717, 1.165) is 32.1 Å². The van der Waals surface area contributed by atoms with Crippen molar-refractivity contribution in [2.24, 2.45) is 0 Å². The second-order valence-electron chi connectivity index (χ2n) is 27.8. The van der Waals surface area contributed by atoms with Crippen LogP contribution in [-0.4, -0.2) is 140 Å². The molecular weight excluding hydrogens is 1150 g/mol. The van der Waals surface area contributed by atoms with Gasteiger partial charge in [0.25, 0.3) is 0 Å². The molecule has 14 nitrogen and oxygen atoms in total. The van der Waals surface area contributed by atoms with E-state index in [2.05, 4.69) is 31.3 Å². The number of hydrogen-bond acceptors (Lipinski definition) is 13. The van der Waals surface area contributed by atoms with Crippen LogP contribution in [0.4, 0.5) is 0 Å². The van der Waals surface area contributed by atoms with Crippen molar-refractivity contribution in [3.05, 3.63) is 24.3 Å². The first-order valence-electron chi connectivity index (χ1n) is 39.1. The highest BCUT2D eigenvalue weighted by atomic mass is 16.7. The third-order valence-corrected chi connectivity index (χ3v) is 19.4. The highest BCUT2D eigenvalue weighted by Crippen LogP contribution is 2.30. The summed E-state index contributed by atoms with van der Waals surface area (Å²) in [4.78, 5) is 13.4. The molecule has 0 aliphatic carbocycles. The van der Waals surface area contributed by atoms with E-state index in [-0.39, 0.29) is 18.9 Å². The summed E-state index contributed by atoms with van der Waals surface area (Å²) in [6.07, 6.45) is 62.6.